The normalized spacial score (nSPS) is 26.2. The van der Waals surface area contributed by atoms with Gasteiger partial charge in [0.05, 0.1) is 6.61 Å². The SMILES string of the molecule is CCOC(=O)N1CC2CCC1C/C2=C/c1ccc(Cl)cc1. The molecule has 2 atom stereocenters. The molecule has 2 unspecified atom stereocenters. The minimum atomic E-state index is -0.155. The Labute approximate surface area is 130 Å². The minimum Gasteiger partial charge on any atom is -0.450 e. The van der Waals surface area contributed by atoms with Crippen LogP contribution in [0.4, 0.5) is 4.79 Å². The molecule has 2 bridgehead atoms. The summed E-state index contributed by atoms with van der Waals surface area (Å²) in [5.41, 5.74) is 2.64. The lowest BCUT2D eigenvalue weighted by molar-refractivity contribution is 0.0518. The summed E-state index contributed by atoms with van der Waals surface area (Å²) in [6, 6.07) is 8.22. The number of piperidine rings is 2. The van der Waals surface area contributed by atoms with E-state index in [0.717, 1.165) is 24.4 Å². The van der Waals surface area contributed by atoms with Gasteiger partial charge in [0.25, 0.3) is 0 Å². The summed E-state index contributed by atoms with van der Waals surface area (Å²) in [5, 5.41) is 0.760. The third-order valence-electron chi connectivity index (χ3n) is 4.43. The van der Waals surface area contributed by atoms with Gasteiger partial charge in [0.15, 0.2) is 0 Å². The lowest BCUT2D eigenvalue weighted by atomic mass is 9.75. The monoisotopic (exact) mass is 305 g/mol. The Morgan fingerprint density at radius 1 is 1.38 bits per heavy atom. The van der Waals surface area contributed by atoms with Gasteiger partial charge in [-0.1, -0.05) is 35.4 Å². The van der Waals surface area contributed by atoms with Crippen LogP contribution < -0.4 is 0 Å². The topological polar surface area (TPSA) is 29.5 Å². The second-order valence-corrected chi connectivity index (χ2v) is 6.19. The zero-order valence-corrected chi connectivity index (χ0v) is 13.0. The predicted octanol–water partition coefficient (Wildman–Crippen LogP) is 4.36. The van der Waals surface area contributed by atoms with E-state index in [1.165, 1.54) is 17.6 Å². The molecule has 1 saturated carbocycles. The van der Waals surface area contributed by atoms with Gasteiger partial charge in [0.2, 0.25) is 0 Å². The van der Waals surface area contributed by atoms with Gasteiger partial charge in [0, 0.05) is 17.6 Å². The summed E-state index contributed by atoms with van der Waals surface area (Å²) in [6.07, 6.45) is 5.32. The number of benzene rings is 1. The Balaban J connectivity index is 1.74. The van der Waals surface area contributed by atoms with E-state index in [2.05, 4.69) is 6.08 Å². The van der Waals surface area contributed by atoms with E-state index in [4.69, 9.17) is 16.3 Å². The molecule has 2 heterocycles. The average Bonchev–Trinajstić information content (AvgIpc) is 2.50. The number of nitrogens with zero attached hydrogens (tertiary/aromatic N) is 1. The summed E-state index contributed by atoms with van der Waals surface area (Å²) >= 11 is 5.92. The van der Waals surface area contributed by atoms with E-state index in [-0.39, 0.29) is 6.09 Å². The standard InChI is InChI=1S/C17H20ClNO2/c1-2-21-17(20)19-11-13-5-8-16(19)10-14(13)9-12-3-6-15(18)7-4-12/h3-4,6-7,9,13,16H,2,5,8,10-11H2,1H3/b14-9-. The van der Waals surface area contributed by atoms with Crippen LogP contribution in [0, 0.1) is 5.92 Å². The highest BCUT2D eigenvalue weighted by Gasteiger charge is 2.39. The maximum Gasteiger partial charge on any atom is 0.410 e. The third kappa shape index (κ3) is 3.08. The van der Waals surface area contributed by atoms with E-state index in [1.807, 2.05) is 36.1 Å². The summed E-state index contributed by atoms with van der Waals surface area (Å²) in [5.74, 6) is 0.468. The van der Waals surface area contributed by atoms with E-state index >= 15 is 0 Å². The van der Waals surface area contributed by atoms with Crippen LogP contribution in [0.5, 0.6) is 0 Å². The second-order valence-electron chi connectivity index (χ2n) is 5.75. The maximum absolute atomic E-state index is 12.0. The van der Waals surface area contributed by atoms with E-state index in [9.17, 15) is 4.79 Å². The van der Waals surface area contributed by atoms with Gasteiger partial charge in [-0.05, 0) is 49.8 Å². The average molecular weight is 306 g/mol. The number of amides is 1. The number of hydrogen-bond acceptors (Lipinski definition) is 2. The molecule has 4 heteroatoms. The number of hydrogen-bond donors (Lipinski definition) is 0. The van der Waals surface area contributed by atoms with Gasteiger partial charge in [-0.25, -0.2) is 4.79 Å². The number of rotatable bonds is 2. The Morgan fingerprint density at radius 2 is 2.14 bits per heavy atom. The van der Waals surface area contributed by atoms with Crippen molar-refractivity contribution in [2.75, 3.05) is 13.2 Å². The van der Waals surface area contributed by atoms with Gasteiger partial charge in [-0.2, -0.15) is 0 Å². The fourth-order valence-corrected chi connectivity index (χ4v) is 3.49. The van der Waals surface area contributed by atoms with Crippen LogP contribution in [0.2, 0.25) is 5.02 Å². The maximum atomic E-state index is 12.0. The molecule has 1 amide bonds. The largest absolute Gasteiger partial charge is 0.450 e. The second kappa shape index (κ2) is 6.10. The van der Waals surface area contributed by atoms with Crippen LogP contribution in [0.25, 0.3) is 6.08 Å². The van der Waals surface area contributed by atoms with Crippen molar-refractivity contribution in [1.82, 2.24) is 4.90 Å². The zero-order chi connectivity index (χ0) is 14.8. The van der Waals surface area contributed by atoms with Crippen LogP contribution in [0.15, 0.2) is 29.8 Å². The number of fused-ring (bicyclic) bond motifs is 3. The highest BCUT2D eigenvalue weighted by molar-refractivity contribution is 6.30. The van der Waals surface area contributed by atoms with Crippen molar-refractivity contribution < 1.29 is 9.53 Å². The summed E-state index contributed by atoms with van der Waals surface area (Å²) < 4.78 is 5.15. The van der Waals surface area contributed by atoms with Crippen LogP contribution >= 0.6 is 11.6 Å². The van der Waals surface area contributed by atoms with Gasteiger partial charge >= 0.3 is 6.09 Å². The molecule has 1 aromatic carbocycles. The summed E-state index contributed by atoms with van der Waals surface area (Å²) in [7, 11) is 0. The first-order chi connectivity index (χ1) is 10.2. The Morgan fingerprint density at radius 3 is 2.76 bits per heavy atom. The molecule has 0 spiro atoms. The first-order valence-corrected chi connectivity index (χ1v) is 7.94. The van der Waals surface area contributed by atoms with Crippen molar-refractivity contribution in [3.8, 4) is 0 Å². The molecule has 112 valence electrons. The first kappa shape index (κ1) is 14.5. The van der Waals surface area contributed by atoms with Crippen molar-refractivity contribution in [1.29, 1.82) is 0 Å². The molecule has 1 aromatic rings. The lowest BCUT2D eigenvalue weighted by Crippen LogP contribution is -2.51. The molecule has 3 nitrogen and oxygen atoms in total. The van der Waals surface area contributed by atoms with Crippen LogP contribution in [-0.4, -0.2) is 30.2 Å². The molecule has 4 rings (SSSR count). The Kier molecular flexibility index (Phi) is 4.20. The van der Waals surface area contributed by atoms with Gasteiger partial charge < -0.3 is 9.64 Å². The molecule has 2 aliphatic heterocycles. The number of carbonyl (C=O) groups is 1. The molecular weight excluding hydrogens is 286 g/mol. The third-order valence-corrected chi connectivity index (χ3v) is 4.68. The smallest absolute Gasteiger partial charge is 0.410 e. The van der Waals surface area contributed by atoms with Crippen LogP contribution in [0.3, 0.4) is 0 Å². The Bertz CT molecular complexity index is 552. The molecule has 2 saturated heterocycles. The highest BCUT2D eigenvalue weighted by Crippen LogP contribution is 2.40. The number of ether oxygens (including phenoxy) is 1. The highest BCUT2D eigenvalue weighted by atomic mass is 35.5. The van der Waals surface area contributed by atoms with Gasteiger partial charge in [0.1, 0.15) is 0 Å². The number of halogens is 1. The fraction of sp³-hybridized carbons (Fsp3) is 0.471. The molecule has 21 heavy (non-hydrogen) atoms. The van der Waals surface area contributed by atoms with Crippen molar-refractivity contribution in [3.63, 3.8) is 0 Å². The molecule has 1 aliphatic carbocycles. The van der Waals surface area contributed by atoms with E-state index in [1.54, 1.807) is 0 Å². The van der Waals surface area contributed by atoms with Crippen molar-refractivity contribution in [2.24, 2.45) is 5.92 Å². The zero-order valence-electron chi connectivity index (χ0n) is 12.2. The van der Waals surface area contributed by atoms with Gasteiger partial charge in [-0.3, -0.25) is 0 Å². The fourth-order valence-electron chi connectivity index (χ4n) is 3.36. The molecule has 3 fully saturated rings. The molecule has 0 radical (unpaired) electrons. The summed E-state index contributed by atoms with van der Waals surface area (Å²) in [4.78, 5) is 13.9. The quantitative estimate of drug-likeness (QED) is 0.812. The minimum absolute atomic E-state index is 0.155. The molecule has 3 aliphatic rings. The van der Waals surface area contributed by atoms with Crippen molar-refractivity contribution >= 4 is 23.8 Å². The molecule has 0 aromatic heterocycles. The number of carbonyl (C=O) groups excluding carboxylic acids is 1. The van der Waals surface area contributed by atoms with Crippen molar-refractivity contribution in [3.05, 3.63) is 40.4 Å². The summed E-state index contributed by atoms with van der Waals surface area (Å²) in [6.45, 7) is 3.09. The van der Waals surface area contributed by atoms with Crippen LogP contribution in [-0.2, 0) is 4.74 Å². The Hall–Kier alpha value is -1.48. The van der Waals surface area contributed by atoms with Gasteiger partial charge in [-0.15, -0.1) is 0 Å². The lowest BCUT2D eigenvalue weighted by Gasteiger charge is -2.46. The predicted molar refractivity (Wildman–Crippen MR) is 84.3 cm³/mol. The first-order valence-electron chi connectivity index (χ1n) is 7.56. The van der Waals surface area contributed by atoms with E-state index < -0.39 is 0 Å². The van der Waals surface area contributed by atoms with Crippen LogP contribution in [0.1, 0.15) is 31.7 Å². The van der Waals surface area contributed by atoms with Crippen molar-refractivity contribution in [2.45, 2.75) is 32.2 Å². The van der Waals surface area contributed by atoms with E-state index in [0.29, 0.717) is 18.6 Å². The molecule has 0 N–H and O–H groups in total. The molecular formula is C17H20ClNO2.